The first-order valence-corrected chi connectivity index (χ1v) is 13.2. The number of piperidine rings is 1. The number of nitrogens with one attached hydrogen (secondary N) is 1. The van der Waals surface area contributed by atoms with E-state index in [2.05, 4.69) is 67.3 Å². The molecule has 0 spiro atoms. The molecular formula is C28H35N9O. The molecule has 3 aromatic rings. The van der Waals surface area contributed by atoms with Crippen molar-refractivity contribution in [2.24, 2.45) is 15.7 Å². The van der Waals surface area contributed by atoms with Gasteiger partial charge in [-0.05, 0) is 82.3 Å². The number of fused-ring (bicyclic) bond motifs is 1. The molecule has 10 nitrogen and oxygen atoms in total. The van der Waals surface area contributed by atoms with E-state index in [1.807, 2.05) is 18.0 Å². The maximum Gasteiger partial charge on any atom is 0.255 e. The lowest BCUT2D eigenvalue weighted by Crippen LogP contribution is -2.47. The minimum Gasteiger partial charge on any atom is -0.402 e. The van der Waals surface area contributed by atoms with Crippen molar-refractivity contribution >= 4 is 34.8 Å². The van der Waals surface area contributed by atoms with Gasteiger partial charge in [-0.15, -0.1) is 5.10 Å². The molecule has 0 saturated carbocycles. The Hall–Kier alpha value is -3.92. The van der Waals surface area contributed by atoms with Gasteiger partial charge in [0.05, 0.1) is 11.3 Å². The molecule has 38 heavy (non-hydrogen) atoms. The number of allylic oxidation sites excluding steroid dienone is 1. The molecule has 1 aromatic carbocycles. The van der Waals surface area contributed by atoms with Crippen LogP contribution in [-0.2, 0) is 0 Å². The van der Waals surface area contributed by atoms with Crippen LogP contribution < -0.4 is 5.73 Å². The van der Waals surface area contributed by atoms with E-state index >= 15 is 0 Å². The number of aromatic amines is 1. The standard InChI is InChI=1S/C28H35N9O/c1-18-11-19(2)13-23(12-18)32-20(3)30-16-22-17-37(8-4-5-25(22)29)24-6-9-36(10-7-24)28(38)21-14-26-27(31-15-21)34-35-33-26/h11-16,24H,4-10,17,29H2,1-3H3,(H,31,33,34,35). The Morgan fingerprint density at radius 2 is 1.87 bits per heavy atom. The zero-order valence-electron chi connectivity index (χ0n) is 22.3. The smallest absolute Gasteiger partial charge is 0.255 e. The number of aromatic nitrogens is 4. The van der Waals surface area contributed by atoms with E-state index in [4.69, 9.17) is 5.73 Å². The van der Waals surface area contributed by atoms with E-state index in [0.29, 0.717) is 41.7 Å². The number of amides is 1. The summed E-state index contributed by atoms with van der Waals surface area (Å²) >= 11 is 0. The van der Waals surface area contributed by atoms with Crippen LogP contribution in [0.2, 0.25) is 0 Å². The highest BCUT2D eigenvalue weighted by atomic mass is 16.2. The molecular weight excluding hydrogens is 478 g/mol. The molecule has 2 aliphatic heterocycles. The molecule has 10 heteroatoms. The normalized spacial score (nSPS) is 18.5. The van der Waals surface area contributed by atoms with Gasteiger partial charge in [0, 0.05) is 49.4 Å². The van der Waals surface area contributed by atoms with E-state index in [9.17, 15) is 4.79 Å². The first-order valence-electron chi connectivity index (χ1n) is 13.2. The van der Waals surface area contributed by atoms with Gasteiger partial charge < -0.3 is 10.6 Å². The molecule has 2 aromatic heterocycles. The summed E-state index contributed by atoms with van der Waals surface area (Å²) in [6.07, 6.45) is 7.19. The van der Waals surface area contributed by atoms with E-state index < -0.39 is 0 Å². The minimum atomic E-state index is -0.00718. The van der Waals surface area contributed by atoms with Crippen LogP contribution in [0.4, 0.5) is 5.69 Å². The molecule has 0 bridgehead atoms. The molecule has 1 saturated heterocycles. The summed E-state index contributed by atoms with van der Waals surface area (Å²) in [4.78, 5) is 31.1. The summed E-state index contributed by atoms with van der Waals surface area (Å²) in [5.41, 5.74) is 13.4. The lowest BCUT2D eigenvalue weighted by molar-refractivity contribution is 0.0631. The number of hydrogen-bond acceptors (Lipinski definition) is 7. The maximum absolute atomic E-state index is 13.1. The Morgan fingerprint density at radius 1 is 1.11 bits per heavy atom. The number of likely N-dealkylation sites (tertiary alicyclic amines) is 1. The SMILES string of the molecule is CC(N=CC1=C(N)CCCN(C2CCN(C(=O)c3cnc4n[nH]nc4c3)CC2)C1)=Nc1cc(C)cc(C)c1. The van der Waals surface area contributed by atoms with Crippen molar-refractivity contribution in [3.63, 3.8) is 0 Å². The Kier molecular flexibility index (Phi) is 7.59. The van der Waals surface area contributed by atoms with Crippen molar-refractivity contribution in [3.8, 4) is 0 Å². The van der Waals surface area contributed by atoms with Crippen molar-refractivity contribution in [2.45, 2.75) is 52.5 Å². The quantitative estimate of drug-likeness (QED) is 0.404. The number of nitrogens with two attached hydrogens (primary N) is 1. The van der Waals surface area contributed by atoms with Gasteiger partial charge in [-0.1, -0.05) is 6.07 Å². The topological polar surface area (TPSA) is 129 Å². The number of rotatable bonds is 4. The minimum absolute atomic E-state index is 0.00718. The van der Waals surface area contributed by atoms with Gasteiger partial charge in [-0.2, -0.15) is 10.3 Å². The van der Waals surface area contributed by atoms with Crippen molar-refractivity contribution in [3.05, 3.63) is 58.4 Å². The average Bonchev–Trinajstić information content (AvgIpc) is 3.29. The molecule has 0 radical (unpaired) electrons. The fourth-order valence-corrected chi connectivity index (χ4v) is 5.34. The van der Waals surface area contributed by atoms with Gasteiger partial charge in [0.2, 0.25) is 5.65 Å². The largest absolute Gasteiger partial charge is 0.402 e. The highest BCUT2D eigenvalue weighted by Gasteiger charge is 2.29. The van der Waals surface area contributed by atoms with E-state index in [1.165, 1.54) is 11.1 Å². The third-order valence-electron chi connectivity index (χ3n) is 7.27. The molecule has 198 valence electrons. The number of hydrogen-bond donors (Lipinski definition) is 2. The highest BCUT2D eigenvalue weighted by molar-refractivity contribution is 5.96. The molecule has 1 amide bonds. The number of carbonyl (C=O) groups is 1. The van der Waals surface area contributed by atoms with Gasteiger partial charge in [0.25, 0.3) is 5.91 Å². The molecule has 5 rings (SSSR count). The summed E-state index contributed by atoms with van der Waals surface area (Å²) in [5.74, 6) is 0.698. The first-order chi connectivity index (χ1) is 18.4. The fourth-order valence-electron chi connectivity index (χ4n) is 5.34. The number of H-pyrrole nitrogens is 1. The third kappa shape index (κ3) is 5.96. The number of benzene rings is 1. The molecule has 0 unspecified atom stereocenters. The summed E-state index contributed by atoms with van der Waals surface area (Å²) in [5, 5.41) is 10.5. The van der Waals surface area contributed by atoms with Crippen LogP contribution in [0.1, 0.15) is 54.1 Å². The molecule has 1 fully saturated rings. The van der Waals surface area contributed by atoms with Crippen LogP contribution in [-0.4, -0.2) is 80.4 Å². The monoisotopic (exact) mass is 513 g/mol. The Bertz CT molecular complexity index is 1390. The summed E-state index contributed by atoms with van der Waals surface area (Å²) < 4.78 is 0. The van der Waals surface area contributed by atoms with E-state index in [1.54, 1.807) is 12.3 Å². The van der Waals surface area contributed by atoms with Crippen LogP contribution in [0.5, 0.6) is 0 Å². The van der Waals surface area contributed by atoms with Crippen molar-refractivity contribution in [1.29, 1.82) is 0 Å². The third-order valence-corrected chi connectivity index (χ3v) is 7.27. The van der Waals surface area contributed by atoms with Crippen molar-refractivity contribution in [1.82, 2.24) is 30.2 Å². The number of aliphatic imine (C=N–C) groups is 2. The van der Waals surface area contributed by atoms with Crippen LogP contribution in [0.3, 0.4) is 0 Å². The maximum atomic E-state index is 13.1. The van der Waals surface area contributed by atoms with Gasteiger partial charge in [-0.25, -0.2) is 15.0 Å². The second-order valence-corrected chi connectivity index (χ2v) is 10.3. The van der Waals surface area contributed by atoms with Crippen molar-refractivity contribution < 1.29 is 4.79 Å². The predicted molar refractivity (Wildman–Crippen MR) is 150 cm³/mol. The van der Waals surface area contributed by atoms with Crippen LogP contribution in [0.25, 0.3) is 11.2 Å². The van der Waals surface area contributed by atoms with Gasteiger partial charge in [0.15, 0.2) is 0 Å². The summed E-state index contributed by atoms with van der Waals surface area (Å²) in [6.45, 7) is 9.23. The molecule has 4 heterocycles. The highest BCUT2D eigenvalue weighted by Crippen LogP contribution is 2.23. The second kappa shape index (κ2) is 11.2. The van der Waals surface area contributed by atoms with E-state index in [-0.39, 0.29) is 5.91 Å². The Balaban J connectivity index is 1.21. The number of nitrogens with zero attached hydrogens (tertiary/aromatic N) is 7. The molecule has 3 N–H and O–H groups in total. The number of pyridine rings is 1. The van der Waals surface area contributed by atoms with Gasteiger partial charge >= 0.3 is 0 Å². The zero-order valence-corrected chi connectivity index (χ0v) is 22.3. The van der Waals surface area contributed by atoms with Crippen LogP contribution >= 0.6 is 0 Å². The number of aryl methyl sites for hydroxylation is 2. The lowest BCUT2D eigenvalue weighted by Gasteiger charge is -2.38. The molecule has 0 aliphatic carbocycles. The Labute approximate surface area is 222 Å². The van der Waals surface area contributed by atoms with Gasteiger partial charge in [0.1, 0.15) is 11.4 Å². The molecule has 0 atom stereocenters. The van der Waals surface area contributed by atoms with Crippen LogP contribution in [0.15, 0.2) is 51.7 Å². The lowest BCUT2D eigenvalue weighted by atomic mass is 10.0. The summed E-state index contributed by atoms with van der Waals surface area (Å²) in [7, 11) is 0. The summed E-state index contributed by atoms with van der Waals surface area (Å²) in [6, 6.07) is 8.41. The number of carbonyl (C=O) groups excluding carboxylic acids is 1. The molecule has 2 aliphatic rings. The van der Waals surface area contributed by atoms with E-state index in [0.717, 1.165) is 55.7 Å². The second-order valence-electron chi connectivity index (χ2n) is 10.3. The fraction of sp³-hybridized carbons (Fsp3) is 0.429. The zero-order chi connectivity index (χ0) is 26.6. The average molecular weight is 514 g/mol. The number of amidine groups is 1. The Morgan fingerprint density at radius 3 is 2.63 bits per heavy atom. The van der Waals surface area contributed by atoms with Gasteiger partial charge in [-0.3, -0.25) is 9.69 Å². The predicted octanol–water partition coefficient (Wildman–Crippen LogP) is 3.70. The van der Waals surface area contributed by atoms with Crippen molar-refractivity contribution in [2.75, 3.05) is 26.2 Å². The first kappa shape index (κ1) is 25.7. The van der Waals surface area contributed by atoms with Crippen LogP contribution in [0, 0.1) is 13.8 Å².